The van der Waals surface area contributed by atoms with E-state index in [1.165, 1.54) is 7.11 Å². The van der Waals surface area contributed by atoms with Gasteiger partial charge in [-0.05, 0) is 34.1 Å². The molecule has 1 heterocycles. The molecule has 0 radical (unpaired) electrons. The van der Waals surface area contributed by atoms with Gasteiger partial charge in [-0.3, -0.25) is 4.79 Å². The van der Waals surface area contributed by atoms with Crippen molar-refractivity contribution in [2.24, 2.45) is 5.92 Å². The number of esters is 1. The van der Waals surface area contributed by atoms with Crippen LogP contribution in [0.1, 0.15) is 48.0 Å². The molecule has 1 saturated heterocycles. The van der Waals surface area contributed by atoms with Crippen LogP contribution in [0.25, 0.3) is 0 Å². The van der Waals surface area contributed by atoms with E-state index in [2.05, 4.69) is 19.2 Å². The number of carbonyl (C=O) groups excluding carboxylic acids is 1. The summed E-state index contributed by atoms with van der Waals surface area (Å²) in [7, 11) is 1.45. The molecule has 1 fully saturated rings. The Morgan fingerprint density at radius 3 is 2.00 bits per heavy atom. The van der Waals surface area contributed by atoms with E-state index in [1.54, 1.807) is 0 Å². The second-order valence-corrected chi connectivity index (χ2v) is 5.01. The summed E-state index contributed by atoms with van der Waals surface area (Å²) in [6.45, 7) is 12.3. The molecule has 1 aliphatic heterocycles. The molecule has 3 heteroatoms. The van der Waals surface area contributed by atoms with E-state index in [0.29, 0.717) is 0 Å². The molecule has 0 spiro atoms. The minimum atomic E-state index is -0.156. The zero-order valence-corrected chi connectivity index (χ0v) is 11.1. The molecule has 0 saturated carbocycles. The van der Waals surface area contributed by atoms with Crippen LogP contribution in [-0.4, -0.2) is 24.2 Å². The Kier molecular flexibility index (Phi) is 4.78. The van der Waals surface area contributed by atoms with Gasteiger partial charge in [0.15, 0.2) is 0 Å². The van der Waals surface area contributed by atoms with E-state index in [1.807, 2.05) is 27.7 Å². The SMILES string of the molecule is CC.COC(=O)C1CC(C)(C)NC1(C)C. The van der Waals surface area contributed by atoms with Crippen LogP contribution in [0.4, 0.5) is 0 Å². The summed E-state index contributed by atoms with van der Waals surface area (Å²) in [4.78, 5) is 11.5. The van der Waals surface area contributed by atoms with Crippen LogP contribution in [0.15, 0.2) is 0 Å². The van der Waals surface area contributed by atoms with Crippen LogP contribution in [0.3, 0.4) is 0 Å². The Morgan fingerprint density at radius 2 is 1.73 bits per heavy atom. The van der Waals surface area contributed by atoms with Gasteiger partial charge in [0.2, 0.25) is 0 Å². The first-order chi connectivity index (χ1) is 6.78. The second kappa shape index (κ2) is 4.97. The van der Waals surface area contributed by atoms with Crippen molar-refractivity contribution in [1.29, 1.82) is 0 Å². The van der Waals surface area contributed by atoms with Gasteiger partial charge in [-0.1, -0.05) is 13.8 Å². The van der Waals surface area contributed by atoms with E-state index in [-0.39, 0.29) is 23.0 Å². The molecule has 0 aliphatic carbocycles. The van der Waals surface area contributed by atoms with Gasteiger partial charge in [0.1, 0.15) is 0 Å². The summed E-state index contributed by atoms with van der Waals surface area (Å²) in [5.74, 6) is -0.143. The third kappa shape index (κ3) is 3.49. The van der Waals surface area contributed by atoms with Crippen LogP contribution in [0.2, 0.25) is 0 Å². The van der Waals surface area contributed by atoms with Crippen molar-refractivity contribution >= 4 is 5.97 Å². The third-order valence-electron chi connectivity index (χ3n) is 2.73. The fourth-order valence-corrected chi connectivity index (χ4v) is 2.30. The molecule has 90 valence electrons. The smallest absolute Gasteiger partial charge is 0.310 e. The normalized spacial score (nSPS) is 26.5. The topological polar surface area (TPSA) is 38.3 Å². The van der Waals surface area contributed by atoms with Crippen molar-refractivity contribution in [2.75, 3.05) is 7.11 Å². The highest BCUT2D eigenvalue weighted by Gasteiger charge is 2.48. The molecule has 1 atom stereocenters. The number of nitrogens with one attached hydrogen (secondary N) is 1. The zero-order chi connectivity index (χ0) is 12.3. The number of carbonyl (C=O) groups is 1. The summed E-state index contributed by atoms with van der Waals surface area (Å²) >= 11 is 0. The molecule has 1 N–H and O–H groups in total. The molecule has 15 heavy (non-hydrogen) atoms. The molecule has 0 bridgehead atoms. The average Bonchev–Trinajstić information content (AvgIpc) is 2.36. The van der Waals surface area contributed by atoms with Crippen molar-refractivity contribution in [1.82, 2.24) is 5.32 Å². The largest absolute Gasteiger partial charge is 0.469 e. The molecule has 0 amide bonds. The third-order valence-corrected chi connectivity index (χ3v) is 2.73. The van der Waals surface area contributed by atoms with E-state index < -0.39 is 0 Å². The van der Waals surface area contributed by atoms with Crippen LogP contribution >= 0.6 is 0 Å². The molecule has 3 nitrogen and oxygen atoms in total. The molecule has 1 unspecified atom stereocenters. The Balaban J connectivity index is 0.000000921. The zero-order valence-electron chi connectivity index (χ0n) is 11.1. The van der Waals surface area contributed by atoms with Gasteiger partial charge >= 0.3 is 5.97 Å². The Labute approximate surface area is 93.6 Å². The summed E-state index contributed by atoms with van der Waals surface area (Å²) in [6.07, 6.45) is 0.840. The second-order valence-electron chi connectivity index (χ2n) is 5.01. The van der Waals surface area contributed by atoms with Gasteiger partial charge in [-0.2, -0.15) is 0 Å². The van der Waals surface area contributed by atoms with Crippen LogP contribution < -0.4 is 5.32 Å². The van der Waals surface area contributed by atoms with Crippen molar-refractivity contribution in [2.45, 2.75) is 59.0 Å². The van der Waals surface area contributed by atoms with Crippen molar-refractivity contribution < 1.29 is 9.53 Å². The Hall–Kier alpha value is -0.570. The van der Waals surface area contributed by atoms with Crippen LogP contribution in [-0.2, 0) is 9.53 Å². The number of rotatable bonds is 1. The van der Waals surface area contributed by atoms with Gasteiger partial charge < -0.3 is 10.1 Å². The van der Waals surface area contributed by atoms with E-state index in [0.717, 1.165) is 6.42 Å². The lowest BCUT2D eigenvalue weighted by atomic mass is 9.87. The van der Waals surface area contributed by atoms with Crippen molar-refractivity contribution in [3.8, 4) is 0 Å². The van der Waals surface area contributed by atoms with Gasteiger partial charge in [-0.15, -0.1) is 0 Å². The minimum absolute atomic E-state index is 0.0301. The maximum Gasteiger partial charge on any atom is 0.310 e. The maximum absolute atomic E-state index is 11.5. The predicted octanol–water partition coefficient (Wildman–Crippen LogP) is 2.35. The highest BCUT2D eigenvalue weighted by Crippen LogP contribution is 2.36. The van der Waals surface area contributed by atoms with Crippen LogP contribution in [0, 0.1) is 5.92 Å². The summed E-state index contributed by atoms with van der Waals surface area (Å²) in [5.41, 5.74) is -0.126. The number of hydrogen-bond donors (Lipinski definition) is 1. The summed E-state index contributed by atoms with van der Waals surface area (Å²) in [5, 5.41) is 3.43. The molecule has 0 aromatic heterocycles. The molecular weight excluding hydrogens is 190 g/mol. The lowest BCUT2D eigenvalue weighted by Crippen LogP contribution is -2.46. The van der Waals surface area contributed by atoms with Crippen molar-refractivity contribution in [3.05, 3.63) is 0 Å². The standard InChI is InChI=1S/C10H19NO2.C2H6/c1-9(2)6-7(8(12)13-5)10(3,4)11-9;1-2/h7,11H,6H2,1-5H3;1-2H3. The highest BCUT2D eigenvalue weighted by molar-refractivity contribution is 5.74. The quantitative estimate of drug-likeness (QED) is 0.682. The fourth-order valence-electron chi connectivity index (χ4n) is 2.30. The predicted molar refractivity (Wildman–Crippen MR) is 62.8 cm³/mol. The van der Waals surface area contributed by atoms with Crippen LogP contribution in [0.5, 0.6) is 0 Å². The Morgan fingerprint density at radius 1 is 1.27 bits per heavy atom. The molecule has 1 rings (SSSR count). The van der Waals surface area contributed by atoms with Crippen molar-refractivity contribution in [3.63, 3.8) is 0 Å². The number of methoxy groups -OCH3 is 1. The first-order valence-electron chi connectivity index (χ1n) is 5.66. The molecular formula is C12H25NO2. The number of hydrogen-bond acceptors (Lipinski definition) is 3. The van der Waals surface area contributed by atoms with E-state index in [4.69, 9.17) is 4.74 Å². The average molecular weight is 215 g/mol. The Bertz CT molecular complexity index is 222. The van der Waals surface area contributed by atoms with E-state index >= 15 is 0 Å². The minimum Gasteiger partial charge on any atom is -0.469 e. The monoisotopic (exact) mass is 215 g/mol. The van der Waals surface area contributed by atoms with Gasteiger partial charge in [0, 0.05) is 11.1 Å². The van der Waals surface area contributed by atoms with Gasteiger partial charge in [0.05, 0.1) is 13.0 Å². The first-order valence-corrected chi connectivity index (χ1v) is 5.66. The summed E-state index contributed by atoms with van der Waals surface area (Å²) in [6, 6.07) is 0. The molecule has 1 aliphatic rings. The molecule has 0 aromatic rings. The lowest BCUT2D eigenvalue weighted by molar-refractivity contribution is -0.146. The van der Waals surface area contributed by atoms with Gasteiger partial charge in [-0.25, -0.2) is 0 Å². The van der Waals surface area contributed by atoms with Gasteiger partial charge in [0.25, 0.3) is 0 Å². The maximum atomic E-state index is 11.5. The highest BCUT2D eigenvalue weighted by atomic mass is 16.5. The fraction of sp³-hybridized carbons (Fsp3) is 0.917. The lowest BCUT2D eigenvalue weighted by Gasteiger charge is -2.26. The van der Waals surface area contributed by atoms with E-state index in [9.17, 15) is 4.79 Å². The first kappa shape index (κ1) is 14.4. The summed E-state index contributed by atoms with van der Waals surface area (Å²) < 4.78 is 4.78. The molecule has 0 aromatic carbocycles. The number of ether oxygens (including phenoxy) is 1.